The first kappa shape index (κ1) is 34.1. The van der Waals surface area contributed by atoms with Crippen LogP contribution in [0.4, 0.5) is 0 Å². The Labute approximate surface area is 217 Å². The van der Waals surface area contributed by atoms with Gasteiger partial charge in [-0.1, -0.05) is 109 Å². The monoisotopic (exact) mass is 490 g/mol. The molecule has 0 amide bonds. The predicted octanol–water partition coefficient (Wildman–Crippen LogP) is 2.40. The van der Waals surface area contributed by atoms with E-state index in [2.05, 4.69) is 23.3 Å². The topological polar surface area (TPSA) is 88.1 Å². The zero-order valence-electron chi connectivity index (χ0n) is 20.1. The molecule has 2 atom stereocenters. The fourth-order valence-corrected chi connectivity index (χ4v) is 3.90. The van der Waals surface area contributed by atoms with E-state index in [0.717, 1.165) is 19.3 Å². The number of unbranched alkanes of at least 4 members (excludes halogenated alkanes) is 14. The molecule has 0 bridgehead atoms. The number of rotatable bonds is 22. The van der Waals surface area contributed by atoms with Gasteiger partial charge in [0.2, 0.25) is 0 Å². The minimum atomic E-state index is -4.00. The van der Waals surface area contributed by atoms with E-state index in [1.54, 1.807) is 0 Å². The molecule has 0 aliphatic rings. The van der Waals surface area contributed by atoms with Crippen LogP contribution in [0.5, 0.6) is 0 Å². The van der Waals surface area contributed by atoms with E-state index >= 15 is 0 Å². The van der Waals surface area contributed by atoms with Crippen LogP contribution >= 0.6 is 6.72 Å². The molecular formula is C22H44NaO6PS. The van der Waals surface area contributed by atoms with Gasteiger partial charge in [-0.05, 0) is 6.42 Å². The number of ether oxygens (including phenoxy) is 2. The zero-order chi connectivity index (χ0) is 22.5. The molecule has 0 heterocycles. The van der Waals surface area contributed by atoms with Crippen LogP contribution in [0.1, 0.15) is 110 Å². The van der Waals surface area contributed by atoms with Gasteiger partial charge in [-0.25, -0.2) is 0 Å². The van der Waals surface area contributed by atoms with Crippen LogP contribution in [0.2, 0.25) is 0 Å². The summed E-state index contributed by atoms with van der Waals surface area (Å²) < 4.78 is 14.8. The van der Waals surface area contributed by atoms with Crippen LogP contribution < -0.4 is 34.5 Å². The van der Waals surface area contributed by atoms with Crippen molar-refractivity contribution >= 4 is 24.5 Å². The van der Waals surface area contributed by atoms with E-state index < -0.39 is 12.8 Å². The number of esters is 1. The number of hydrogen-bond donors (Lipinski definition) is 1. The standard InChI is InChI=1S/C22H45O6PS.Na/c1-3-4-5-6-7-8-9-10-11-12-13-14-15-16-17-18-22(23)28-21(19-26-2)20-27-29(24,25)30;/h21H,3-20H2,1-2H3,(H2,24,25,30);/q;+1/p-1. The molecule has 0 aliphatic carbocycles. The molecule has 0 spiro atoms. The van der Waals surface area contributed by atoms with Crippen LogP contribution in [0.15, 0.2) is 0 Å². The van der Waals surface area contributed by atoms with Crippen molar-refractivity contribution in [1.82, 2.24) is 0 Å². The third-order valence-corrected chi connectivity index (χ3v) is 5.85. The average molecular weight is 491 g/mol. The third-order valence-electron chi connectivity index (χ3n) is 5.06. The fraction of sp³-hybridized carbons (Fsp3) is 0.955. The van der Waals surface area contributed by atoms with Crippen molar-refractivity contribution in [3.05, 3.63) is 0 Å². The molecule has 9 heteroatoms. The van der Waals surface area contributed by atoms with Crippen LogP contribution in [-0.4, -0.2) is 37.3 Å². The Morgan fingerprint density at radius 3 is 1.68 bits per heavy atom. The van der Waals surface area contributed by atoms with Gasteiger partial charge in [-0.15, -0.1) is 0 Å². The summed E-state index contributed by atoms with van der Waals surface area (Å²) in [5.41, 5.74) is 0. The molecule has 180 valence electrons. The van der Waals surface area contributed by atoms with E-state index in [9.17, 15) is 9.69 Å². The molecular weight excluding hydrogens is 446 g/mol. The van der Waals surface area contributed by atoms with Gasteiger partial charge in [-0.3, -0.25) is 4.79 Å². The summed E-state index contributed by atoms with van der Waals surface area (Å²) in [6.07, 6.45) is 18.7. The number of methoxy groups -OCH3 is 1. The van der Waals surface area contributed by atoms with Gasteiger partial charge in [0.1, 0.15) is 12.8 Å². The second kappa shape index (κ2) is 24.1. The van der Waals surface area contributed by atoms with Crippen LogP contribution in [0.25, 0.3) is 0 Å². The first-order chi connectivity index (χ1) is 14.4. The average Bonchev–Trinajstić information content (AvgIpc) is 2.68. The Morgan fingerprint density at radius 2 is 1.29 bits per heavy atom. The van der Waals surface area contributed by atoms with Gasteiger partial charge in [0, 0.05) is 13.5 Å². The molecule has 6 nitrogen and oxygen atoms in total. The first-order valence-electron chi connectivity index (χ1n) is 11.8. The Bertz CT molecular complexity index is 450. The second-order valence-electron chi connectivity index (χ2n) is 8.03. The molecule has 2 unspecified atom stereocenters. The Kier molecular flexibility index (Phi) is 26.5. The summed E-state index contributed by atoms with van der Waals surface area (Å²) in [4.78, 5) is 31.9. The molecule has 0 aromatic carbocycles. The minimum Gasteiger partial charge on any atom is -0.780 e. The van der Waals surface area contributed by atoms with Crippen molar-refractivity contribution in [2.24, 2.45) is 0 Å². The second-order valence-corrected chi connectivity index (χ2v) is 10.6. The number of carbonyl (C=O) groups is 1. The van der Waals surface area contributed by atoms with Gasteiger partial charge >= 0.3 is 35.5 Å². The molecule has 1 N–H and O–H groups in total. The van der Waals surface area contributed by atoms with Crippen LogP contribution in [-0.2, 0) is 30.6 Å². The van der Waals surface area contributed by atoms with Crippen molar-refractivity contribution in [2.45, 2.75) is 116 Å². The number of carbonyl (C=O) groups excluding carboxylic acids is 1. The smallest absolute Gasteiger partial charge is 0.780 e. The maximum atomic E-state index is 11.9. The molecule has 0 rings (SSSR count). The summed E-state index contributed by atoms with van der Waals surface area (Å²) in [6.45, 7) is -1.89. The Hall–Kier alpha value is 0.960. The van der Waals surface area contributed by atoms with E-state index in [1.165, 1.54) is 84.2 Å². The van der Waals surface area contributed by atoms with Crippen molar-refractivity contribution in [1.29, 1.82) is 0 Å². The van der Waals surface area contributed by atoms with Crippen LogP contribution in [0, 0.1) is 0 Å². The van der Waals surface area contributed by atoms with Crippen molar-refractivity contribution in [2.75, 3.05) is 20.3 Å². The molecule has 0 radical (unpaired) electrons. The van der Waals surface area contributed by atoms with Crippen molar-refractivity contribution < 1.29 is 58.1 Å². The van der Waals surface area contributed by atoms with E-state index in [-0.39, 0.29) is 48.7 Å². The third kappa shape index (κ3) is 27.1. The maximum absolute atomic E-state index is 11.9. The SMILES string of the molecule is CCCCCCCCCCCCCCCCCC(=O)OC(COC)COP([O-])(O)=S.[Na+]. The number of hydrogen-bond acceptors (Lipinski definition) is 6. The largest absolute Gasteiger partial charge is 1.00 e. The molecule has 0 aliphatic heterocycles. The molecule has 0 fully saturated rings. The normalized spacial score (nSPS) is 13.9. The molecule has 0 aromatic rings. The van der Waals surface area contributed by atoms with Gasteiger partial charge < -0.3 is 23.8 Å². The first-order valence-corrected chi connectivity index (χ1v) is 14.3. The van der Waals surface area contributed by atoms with Crippen LogP contribution in [0.3, 0.4) is 0 Å². The fourth-order valence-electron chi connectivity index (χ4n) is 3.36. The quantitative estimate of drug-likeness (QED) is 0.108. The minimum absolute atomic E-state index is 0. The summed E-state index contributed by atoms with van der Waals surface area (Å²) in [7, 11) is 1.46. The van der Waals surface area contributed by atoms with E-state index in [4.69, 9.17) is 14.4 Å². The zero-order valence-corrected chi connectivity index (χ0v) is 23.9. The molecule has 31 heavy (non-hydrogen) atoms. The molecule has 0 saturated carbocycles. The summed E-state index contributed by atoms with van der Waals surface area (Å²) in [5.74, 6) is -0.340. The summed E-state index contributed by atoms with van der Waals surface area (Å²) in [6, 6.07) is 0. The van der Waals surface area contributed by atoms with Gasteiger partial charge in [-0.2, -0.15) is 0 Å². The summed E-state index contributed by atoms with van der Waals surface area (Å²) >= 11 is 4.28. The van der Waals surface area contributed by atoms with Gasteiger partial charge in [0.25, 0.3) is 0 Å². The van der Waals surface area contributed by atoms with Gasteiger partial charge in [0.15, 0.2) is 0 Å². The van der Waals surface area contributed by atoms with E-state index in [1.807, 2.05) is 0 Å². The van der Waals surface area contributed by atoms with Crippen molar-refractivity contribution in [3.8, 4) is 0 Å². The Morgan fingerprint density at radius 1 is 0.871 bits per heavy atom. The van der Waals surface area contributed by atoms with Gasteiger partial charge in [0.05, 0.1) is 13.2 Å². The predicted molar refractivity (Wildman–Crippen MR) is 124 cm³/mol. The summed E-state index contributed by atoms with van der Waals surface area (Å²) in [5, 5.41) is 0. The maximum Gasteiger partial charge on any atom is 1.00 e. The molecule has 0 aromatic heterocycles. The Balaban J connectivity index is 0. The van der Waals surface area contributed by atoms with Crippen molar-refractivity contribution in [3.63, 3.8) is 0 Å². The molecule has 0 saturated heterocycles. The van der Waals surface area contributed by atoms with E-state index in [0.29, 0.717) is 6.42 Å².